The fourth-order valence-electron chi connectivity index (χ4n) is 0.0481. The van der Waals surface area contributed by atoms with Crippen LogP contribution in [0.4, 0.5) is 0 Å². The van der Waals surface area contributed by atoms with Crippen LogP contribution >= 0.6 is 0 Å². The van der Waals surface area contributed by atoms with Crippen LogP contribution in [0.5, 0.6) is 0 Å². The van der Waals surface area contributed by atoms with E-state index in [-0.39, 0.29) is 5.75 Å². The van der Waals surface area contributed by atoms with Crippen molar-refractivity contribution in [3.63, 3.8) is 0 Å². The maximum Gasteiger partial charge on any atom is 0.295 e. The quantitative estimate of drug-likeness (QED) is 0.376. The van der Waals surface area contributed by atoms with E-state index in [9.17, 15) is 8.42 Å². The first-order valence-corrected chi connectivity index (χ1v) is 3.24. The Balaban J connectivity index is 3.89. The average molecular weight is 125 g/mol. The zero-order valence-corrected chi connectivity index (χ0v) is 4.56. The molecule has 1 radical (unpaired) electrons. The Morgan fingerprint density at radius 1 is 1.57 bits per heavy atom. The van der Waals surface area contributed by atoms with Crippen molar-refractivity contribution in [2.24, 2.45) is 0 Å². The molecule has 43 valence electrons. The molecule has 0 aromatic heterocycles. The van der Waals surface area contributed by atoms with Crippen molar-refractivity contribution in [3.05, 3.63) is 0 Å². The van der Waals surface area contributed by atoms with Crippen LogP contribution in [0.25, 0.3) is 0 Å². The molecule has 0 spiro atoms. The average Bonchev–Trinajstić information content (AvgIpc) is 1.68. The third kappa shape index (κ3) is 2.55. The Kier molecular flexibility index (Phi) is 2.21. The lowest BCUT2D eigenvalue weighted by atomic mass is 11.0. The molecule has 0 aromatic rings. The molecule has 0 aliphatic rings. The first kappa shape index (κ1) is 6.87. The summed E-state index contributed by atoms with van der Waals surface area (Å²) in [5, 5.41) is 9.09. The smallest absolute Gasteiger partial charge is 0.197 e. The zero-order chi connectivity index (χ0) is 5.91. The standard InChI is InChI=1S/C2H5O4S/c1-2-7(4,5)6-3/h2H2,1H3. The normalized spacial score (nSPS) is 11.7. The Bertz CT molecular complexity index is 113. The van der Waals surface area contributed by atoms with E-state index in [0.717, 1.165) is 0 Å². The predicted molar refractivity (Wildman–Crippen MR) is 21.2 cm³/mol. The van der Waals surface area contributed by atoms with Gasteiger partial charge < -0.3 is 0 Å². The van der Waals surface area contributed by atoms with E-state index >= 15 is 0 Å². The van der Waals surface area contributed by atoms with Crippen molar-refractivity contribution in [2.75, 3.05) is 5.75 Å². The lowest BCUT2D eigenvalue weighted by molar-refractivity contribution is -0.202. The molecule has 0 aromatic carbocycles. The van der Waals surface area contributed by atoms with Crippen LogP contribution in [0.15, 0.2) is 0 Å². The summed E-state index contributed by atoms with van der Waals surface area (Å²) in [5.41, 5.74) is 0. The fraction of sp³-hybridized carbons (Fsp3) is 1.00. The molecule has 0 saturated heterocycles. The van der Waals surface area contributed by atoms with Crippen LogP contribution in [0.2, 0.25) is 0 Å². The van der Waals surface area contributed by atoms with Gasteiger partial charge in [-0.05, 0) is 12.2 Å². The lowest BCUT2D eigenvalue weighted by Crippen LogP contribution is -2.02. The van der Waals surface area contributed by atoms with Crippen molar-refractivity contribution in [1.82, 2.24) is 0 Å². The highest BCUT2D eigenvalue weighted by molar-refractivity contribution is 7.86. The molecule has 0 fully saturated rings. The van der Waals surface area contributed by atoms with Crippen molar-refractivity contribution in [1.29, 1.82) is 0 Å². The van der Waals surface area contributed by atoms with Crippen LogP contribution in [-0.2, 0) is 19.7 Å². The molecule has 0 unspecified atom stereocenters. The maximum absolute atomic E-state index is 9.83. The molecule has 0 aliphatic heterocycles. The highest BCUT2D eigenvalue weighted by Gasteiger charge is 2.04. The first-order chi connectivity index (χ1) is 3.12. The SMILES string of the molecule is CCS(=O)(=O)O[O]. The summed E-state index contributed by atoms with van der Waals surface area (Å²) >= 11 is 0. The second-order valence-electron chi connectivity index (χ2n) is 0.914. The summed E-state index contributed by atoms with van der Waals surface area (Å²) < 4.78 is 22.5. The molecule has 5 heteroatoms. The fourth-order valence-corrected chi connectivity index (χ4v) is 0.144. The molecular formula is C2H5O4S. The molecular weight excluding hydrogens is 120 g/mol. The van der Waals surface area contributed by atoms with Crippen LogP contribution in [-0.4, -0.2) is 14.2 Å². The second kappa shape index (κ2) is 2.25. The number of hydrogen-bond acceptors (Lipinski definition) is 3. The molecule has 4 nitrogen and oxygen atoms in total. The van der Waals surface area contributed by atoms with Crippen LogP contribution in [0.1, 0.15) is 6.92 Å². The van der Waals surface area contributed by atoms with Gasteiger partial charge in [-0.2, -0.15) is 8.42 Å². The van der Waals surface area contributed by atoms with E-state index in [1.807, 2.05) is 0 Å². The van der Waals surface area contributed by atoms with Gasteiger partial charge in [0.05, 0.1) is 5.75 Å². The van der Waals surface area contributed by atoms with Gasteiger partial charge in [0.1, 0.15) is 0 Å². The minimum atomic E-state index is -3.71. The largest absolute Gasteiger partial charge is 0.295 e. The molecule has 0 N–H and O–H groups in total. The third-order valence-electron chi connectivity index (χ3n) is 0.457. The Hall–Kier alpha value is -0.130. The third-order valence-corrected chi connectivity index (χ3v) is 1.37. The Morgan fingerprint density at radius 2 is 2.00 bits per heavy atom. The molecule has 0 aliphatic carbocycles. The summed E-state index contributed by atoms with van der Waals surface area (Å²) in [7, 11) is -3.71. The first-order valence-electron chi connectivity index (χ1n) is 1.66. The number of rotatable bonds is 2. The van der Waals surface area contributed by atoms with E-state index in [1.54, 1.807) is 0 Å². The summed E-state index contributed by atoms with van der Waals surface area (Å²) in [4.78, 5) is 0. The molecule has 0 heterocycles. The van der Waals surface area contributed by atoms with Crippen molar-refractivity contribution >= 4 is 10.1 Å². The van der Waals surface area contributed by atoms with Gasteiger partial charge in [-0.3, -0.25) is 0 Å². The monoisotopic (exact) mass is 125 g/mol. The van der Waals surface area contributed by atoms with Gasteiger partial charge in [0.15, 0.2) is 0 Å². The molecule has 7 heavy (non-hydrogen) atoms. The van der Waals surface area contributed by atoms with Crippen molar-refractivity contribution in [2.45, 2.75) is 6.92 Å². The van der Waals surface area contributed by atoms with E-state index in [2.05, 4.69) is 4.33 Å². The highest BCUT2D eigenvalue weighted by Crippen LogP contribution is 1.85. The molecule has 0 rings (SSSR count). The van der Waals surface area contributed by atoms with Gasteiger partial charge in [0.25, 0.3) is 10.1 Å². The Labute approximate surface area is 41.8 Å². The lowest BCUT2D eigenvalue weighted by Gasteiger charge is -1.85. The molecule has 0 saturated carbocycles. The molecule has 0 atom stereocenters. The van der Waals surface area contributed by atoms with E-state index in [0.29, 0.717) is 0 Å². The van der Waals surface area contributed by atoms with Crippen LogP contribution in [0, 0.1) is 0 Å². The van der Waals surface area contributed by atoms with Gasteiger partial charge in [-0.1, -0.05) is 4.33 Å². The van der Waals surface area contributed by atoms with Crippen LogP contribution < -0.4 is 0 Å². The van der Waals surface area contributed by atoms with Gasteiger partial charge >= 0.3 is 0 Å². The van der Waals surface area contributed by atoms with E-state index in [4.69, 9.17) is 5.26 Å². The summed E-state index contributed by atoms with van der Waals surface area (Å²) in [6, 6.07) is 0. The highest BCUT2D eigenvalue weighted by atomic mass is 32.2. The Morgan fingerprint density at radius 3 is 2.00 bits per heavy atom. The summed E-state index contributed by atoms with van der Waals surface area (Å²) in [6.45, 7) is 1.33. The van der Waals surface area contributed by atoms with E-state index in [1.165, 1.54) is 6.92 Å². The van der Waals surface area contributed by atoms with E-state index < -0.39 is 10.1 Å². The minimum absolute atomic E-state index is 0.267. The van der Waals surface area contributed by atoms with Gasteiger partial charge in [0, 0.05) is 0 Å². The van der Waals surface area contributed by atoms with Crippen LogP contribution in [0.3, 0.4) is 0 Å². The minimum Gasteiger partial charge on any atom is -0.197 e. The molecule has 0 bridgehead atoms. The zero-order valence-electron chi connectivity index (χ0n) is 3.75. The maximum atomic E-state index is 9.83. The molecule has 0 amide bonds. The van der Waals surface area contributed by atoms with Crippen molar-refractivity contribution < 1.29 is 18.0 Å². The second-order valence-corrected chi connectivity index (χ2v) is 2.74. The van der Waals surface area contributed by atoms with Gasteiger partial charge in [0.2, 0.25) is 0 Å². The summed E-state index contributed by atoms with van der Waals surface area (Å²) in [6.07, 6.45) is 0. The van der Waals surface area contributed by atoms with Gasteiger partial charge in [-0.25, -0.2) is 0 Å². The summed E-state index contributed by atoms with van der Waals surface area (Å²) in [5.74, 6) is -0.267. The van der Waals surface area contributed by atoms with Crippen molar-refractivity contribution in [3.8, 4) is 0 Å². The topological polar surface area (TPSA) is 63.3 Å². The number of hydrogen-bond donors (Lipinski definition) is 0. The van der Waals surface area contributed by atoms with Gasteiger partial charge in [-0.15, -0.1) is 0 Å². The predicted octanol–water partition coefficient (Wildman–Crippen LogP) is -0.302.